The fraction of sp³-hybridized carbons (Fsp3) is 0.149. The van der Waals surface area contributed by atoms with Gasteiger partial charge in [-0.15, -0.1) is 0 Å². The fourth-order valence-corrected chi connectivity index (χ4v) is 7.60. The lowest BCUT2D eigenvalue weighted by Crippen LogP contribution is -2.30. The van der Waals surface area contributed by atoms with Gasteiger partial charge in [0.1, 0.15) is 0 Å². The van der Waals surface area contributed by atoms with Gasteiger partial charge >= 0.3 is 0 Å². The van der Waals surface area contributed by atoms with Crippen LogP contribution in [0.5, 0.6) is 0 Å². The van der Waals surface area contributed by atoms with Crippen molar-refractivity contribution >= 4 is 43.6 Å². The van der Waals surface area contributed by atoms with E-state index in [2.05, 4.69) is 175 Å². The molecule has 6 aromatic carbocycles. The number of hydrogen-bond acceptors (Lipinski definition) is 2. The van der Waals surface area contributed by atoms with Crippen LogP contribution >= 0.6 is 0 Å². The molecule has 0 heterocycles. The Bertz CT molecular complexity index is 2280. The Morgan fingerprint density at radius 1 is 0.714 bits per heavy atom. The zero-order valence-electron chi connectivity index (χ0n) is 27.8. The number of rotatable bonds is 8. The second-order valence-corrected chi connectivity index (χ2v) is 13.4. The minimum Gasteiger partial charge on any atom is -0.359 e. The average molecular weight is 635 g/mol. The molecule has 0 amide bonds. The van der Waals surface area contributed by atoms with E-state index in [0.29, 0.717) is 11.8 Å². The summed E-state index contributed by atoms with van der Waals surface area (Å²) >= 11 is 0. The maximum Gasteiger partial charge on any atom is 0.0461 e. The molecular weight excluding hydrogens is 593 g/mol. The number of benzene rings is 6. The third-order valence-corrected chi connectivity index (χ3v) is 10.3. The van der Waals surface area contributed by atoms with Crippen molar-refractivity contribution in [2.75, 3.05) is 5.32 Å². The lowest BCUT2D eigenvalue weighted by Gasteiger charge is -2.27. The highest BCUT2D eigenvalue weighted by molar-refractivity contribution is 6.23. The Kier molecular flexibility index (Phi) is 8.80. The zero-order chi connectivity index (χ0) is 33.0. The predicted octanol–water partition coefficient (Wildman–Crippen LogP) is 12.0. The first-order valence-electron chi connectivity index (χ1n) is 17.6. The predicted molar refractivity (Wildman–Crippen MR) is 211 cm³/mol. The summed E-state index contributed by atoms with van der Waals surface area (Å²) in [5.41, 5.74) is 14.3. The van der Waals surface area contributed by atoms with Gasteiger partial charge in [0.25, 0.3) is 0 Å². The summed E-state index contributed by atoms with van der Waals surface area (Å²) in [6.07, 6.45) is 22.0. The normalized spacial score (nSPS) is 18.7. The van der Waals surface area contributed by atoms with Gasteiger partial charge in [0.15, 0.2) is 0 Å². The van der Waals surface area contributed by atoms with Crippen molar-refractivity contribution in [2.24, 2.45) is 17.6 Å². The van der Waals surface area contributed by atoms with Crippen LogP contribution in [0.2, 0.25) is 0 Å². The van der Waals surface area contributed by atoms with E-state index in [-0.39, 0.29) is 6.04 Å². The summed E-state index contributed by atoms with van der Waals surface area (Å²) in [4.78, 5) is 0. The molecule has 240 valence electrons. The summed E-state index contributed by atoms with van der Waals surface area (Å²) in [5, 5.41) is 11.6. The SMILES string of the molecule is NC(/C=C(\C=C\C1C=CC=CC1)c1ccccc1)C1CC=C(Nc2ccccc2-c2cc3ccccc3c3ccc4ccccc4c23)CC1. The molecule has 6 aromatic rings. The molecule has 3 atom stereocenters. The van der Waals surface area contributed by atoms with Crippen molar-refractivity contribution in [1.82, 2.24) is 0 Å². The third kappa shape index (κ3) is 6.53. The van der Waals surface area contributed by atoms with Gasteiger partial charge in [-0.05, 0) is 98.7 Å². The first kappa shape index (κ1) is 30.9. The minimum atomic E-state index is -0.0241. The number of fused-ring (bicyclic) bond motifs is 5. The molecule has 0 aromatic heterocycles. The highest BCUT2D eigenvalue weighted by Crippen LogP contribution is 2.42. The monoisotopic (exact) mass is 634 g/mol. The molecule has 0 aliphatic heterocycles. The Morgan fingerprint density at radius 3 is 2.31 bits per heavy atom. The maximum absolute atomic E-state index is 6.95. The van der Waals surface area contributed by atoms with Crippen LogP contribution in [0.4, 0.5) is 5.69 Å². The van der Waals surface area contributed by atoms with Crippen LogP contribution in [0.1, 0.15) is 31.2 Å². The van der Waals surface area contributed by atoms with E-state index < -0.39 is 0 Å². The quantitative estimate of drug-likeness (QED) is 0.129. The van der Waals surface area contributed by atoms with Gasteiger partial charge in [0, 0.05) is 23.0 Å². The Labute approximate surface area is 289 Å². The number of anilines is 1. The van der Waals surface area contributed by atoms with Gasteiger partial charge in [0.05, 0.1) is 0 Å². The largest absolute Gasteiger partial charge is 0.359 e. The van der Waals surface area contributed by atoms with Gasteiger partial charge in [0.2, 0.25) is 0 Å². The van der Waals surface area contributed by atoms with Gasteiger partial charge in [-0.3, -0.25) is 0 Å². The van der Waals surface area contributed by atoms with Crippen LogP contribution in [-0.4, -0.2) is 6.04 Å². The Morgan fingerprint density at radius 2 is 1.49 bits per heavy atom. The number of para-hydroxylation sites is 1. The highest BCUT2D eigenvalue weighted by Gasteiger charge is 2.21. The van der Waals surface area contributed by atoms with Gasteiger partial charge in [-0.1, -0.05) is 158 Å². The van der Waals surface area contributed by atoms with Crippen LogP contribution < -0.4 is 11.1 Å². The van der Waals surface area contributed by atoms with Crippen molar-refractivity contribution in [3.8, 4) is 11.1 Å². The minimum absolute atomic E-state index is 0.0241. The highest BCUT2D eigenvalue weighted by atomic mass is 14.9. The molecule has 2 aliphatic carbocycles. The van der Waals surface area contributed by atoms with E-state index >= 15 is 0 Å². The van der Waals surface area contributed by atoms with Crippen molar-refractivity contribution in [2.45, 2.75) is 31.7 Å². The zero-order valence-corrected chi connectivity index (χ0v) is 27.8. The molecule has 2 aliphatic rings. The van der Waals surface area contributed by atoms with Gasteiger partial charge in [-0.25, -0.2) is 0 Å². The molecular formula is C47H42N2. The molecule has 0 saturated heterocycles. The maximum atomic E-state index is 6.95. The Hall–Kier alpha value is -5.44. The second kappa shape index (κ2) is 14.0. The van der Waals surface area contributed by atoms with Crippen LogP contribution in [0.15, 0.2) is 176 Å². The molecule has 3 unspecified atom stereocenters. The first-order chi connectivity index (χ1) is 24.2. The molecule has 3 N–H and O–H groups in total. The van der Waals surface area contributed by atoms with Crippen LogP contribution in [0.3, 0.4) is 0 Å². The van der Waals surface area contributed by atoms with E-state index in [1.165, 1.54) is 60.3 Å². The molecule has 8 rings (SSSR count). The van der Waals surface area contributed by atoms with E-state index in [1.807, 2.05) is 0 Å². The van der Waals surface area contributed by atoms with E-state index in [9.17, 15) is 0 Å². The van der Waals surface area contributed by atoms with Gasteiger partial charge in [-0.2, -0.15) is 0 Å². The summed E-state index contributed by atoms with van der Waals surface area (Å²) in [6, 6.07) is 43.8. The van der Waals surface area contributed by atoms with Crippen LogP contribution in [0.25, 0.3) is 49.0 Å². The molecule has 0 spiro atoms. The first-order valence-corrected chi connectivity index (χ1v) is 17.6. The van der Waals surface area contributed by atoms with Crippen molar-refractivity contribution in [3.05, 3.63) is 181 Å². The van der Waals surface area contributed by atoms with E-state index in [1.54, 1.807) is 0 Å². The summed E-state index contributed by atoms with van der Waals surface area (Å²) in [7, 11) is 0. The van der Waals surface area contributed by atoms with Crippen molar-refractivity contribution in [1.29, 1.82) is 0 Å². The molecule has 49 heavy (non-hydrogen) atoms. The second-order valence-electron chi connectivity index (χ2n) is 13.4. The molecule has 2 heteroatoms. The van der Waals surface area contributed by atoms with E-state index in [4.69, 9.17) is 5.73 Å². The van der Waals surface area contributed by atoms with Crippen molar-refractivity contribution in [3.63, 3.8) is 0 Å². The average Bonchev–Trinajstić information content (AvgIpc) is 3.17. The third-order valence-electron chi connectivity index (χ3n) is 10.3. The summed E-state index contributed by atoms with van der Waals surface area (Å²) in [5.74, 6) is 0.815. The lowest BCUT2D eigenvalue weighted by atomic mass is 9.85. The van der Waals surface area contributed by atoms with Gasteiger partial charge < -0.3 is 11.1 Å². The molecule has 0 radical (unpaired) electrons. The van der Waals surface area contributed by atoms with Crippen LogP contribution in [0, 0.1) is 11.8 Å². The molecule has 0 saturated carbocycles. The fourth-order valence-electron chi connectivity index (χ4n) is 7.60. The molecule has 0 bridgehead atoms. The smallest absolute Gasteiger partial charge is 0.0461 e. The summed E-state index contributed by atoms with van der Waals surface area (Å²) < 4.78 is 0. The standard InChI is InChI=1S/C47H42N2/c48-45(32-37(34-15-5-2-6-16-34)24-23-33-13-3-1-4-14-33)36-25-28-39(29-26-36)49-46-22-12-11-21-42(46)44-31-38-18-8-9-19-40(38)43-30-27-35-17-7-10-20-41(35)47(43)44/h1-13,15-24,27-28,30-33,36,45,49H,14,25-26,29,48H2/b24-23+,37-32+. The van der Waals surface area contributed by atoms with Crippen LogP contribution in [-0.2, 0) is 0 Å². The number of allylic oxidation sites excluding steroid dienone is 9. The van der Waals surface area contributed by atoms with Crippen molar-refractivity contribution < 1.29 is 0 Å². The number of hydrogen-bond donors (Lipinski definition) is 2. The Balaban J connectivity index is 1.08. The van der Waals surface area contributed by atoms with E-state index in [0.717, 1.165) is 31.4 Å². The lowest BCUT2D eigenvalue weighted by molar-refractivity contribution is 0.428. The molecule has 0 fully saturated rings. The number of nitrogens with two attached hydrogens (primary N) is 1. The topological polar surface area (TPSA) is 38.0 Å². The number of nitrogens with one attached hydrogen (secondary N) is 1. The summed E-state index contributed by atoms with van der Waals surface area (Å²) in [6.45, 7) is 0. The molecule has 2 nitrogen and oxygen atoms in total.